The fourth-order valence-corrected chi connectivity index (χ4v) is 6.32. The first-order valence-electron chi connectivity index (χ1n) is 11.3. The van der Waals surface area contributed by atoms with E-state index in [1.54, 1.807) is 29.8 Å². The lowest BCUT2D eigenvalue weighted by Gasteiger charge is -2.18. The van der Waals surface area contributed by atoms with Gasteiger partial charge in [0.1, 0.15) is 11.0 Å². The van der Waals surface area contributed by atoms with Crippen LogP contribution < -0.4 is 9.47 Å². The van der Waals surface area contributed by atoms with Crippen LogP contribution in [0.1, 0.15) is 55.2 Å². The highest BCUT2D eigenvalue weighted by atomic mass is 32.1. The molecule has 0 unspecified atom stereocenters. The number of aromatic nitrogens is 2. The summed E-state index contributed by atoms with van der Waals surface area (Å²) in [6.45, 7) is 7.17. The van der Waals surface area contributed by atoms with Gasteiger partial charge in [0.2, 0.25) is 0 Å². The molecule has 0 fully saturated rings. The van der Waals surface area contributed by atoms with Crippen LogP contribution in [0.25, 0.3) is 31.9 Å². The molecule has 0 N–H and O–H groups in total. The average Bonchev–Trinajstić information content (AvgIpc) is 3.53. The second-order valence-electron chi connectivity index (χ2n) is 8.01. The summed E-state index contributed by atoms with van der Waals surface area (Å²) in [6, 6.07) is 8.58. The minimum absolute atomic E-state index is 0.672. The highest BCUT2D eigenvalue weighted by Gasteiger charge is 2.27. The van der Waals surface area contributed by atoms with Gasteiger partial charge in [0.15, 0.2) is 11.5 Å². The van der Waals surface area contributed by atoms with E-state index in [2.05, 4.69) is 45.0 Å². The van der Waals surface area contributed by atoms with E-state index in [9.17, 15) is 0 Å². The molecular formula is C25H30N2O2S3. The van der Waals surface area contributed by atoms with Crippen LogP contribution >= 0.6 is 34.4 Å². The third-order valence-corrected chi connectivity index (χ3v) is 8.11. The summed E-state index contributed by atoms with van der Waals surface area (Å²) in [5.41, 5.74) is 3.79. The maximum atomic E-state index is 6.50. The summed E-state index contributed by atoms with van der Waals surface area (Å²) in [4.78, 5) is 4.79. The highest BCUT2D eigenvalue weighted by Crippen LogP contribution is 2.52. The van der Waals surface area contributed by atoms with Gasteiger partial charge < -0.3 is 9.47 Å². The summed E-state index contributed by atoms with van der Waals surface area (Å²) < 4.78 is 21.9. The maximum absolute atomic E-state index is 6.50. The first-order chi connectivity index (χ1) is 15.6. The fraction of sp³-hybridized carbons (Fsp3) is 0.440. The molecule has 0 saturated heterocycles. The molecule has 0 atom stereocenters. The van der Waals surface area contributed by atoms with Crippen molar-refractivity contribution in [2.75, 3.05) is 13.7 Å². The number of aryl methyl sites for hydroxylation is 2. The largest absolute Gasteiger partial charge is 0.492 e. The number of hydrogen-bond donors (Lipinski definition) is 0. The molecule has 0 amide bonds. The zero-order valence-corrected chi connectivity index (χ0v) is 21.6. The van der Waals surface area contributed by atoms with E-state index in [1.165, 1.54) is 53.6 Å². The van der Waals surface area contributed by atoms with Crippen molar-refractivity contribution in [2.45, 2.75) is 59.3 Å². The summed E-state index contributed by atoms with van der Waals surface area (Å²) in [5.74, 6) is 1.56. The van der Waals surface area contributed by atoms with Gasteiger partial charge in [-0.1, -0.05) is 39.0 Å². The first-order valence-corrected chi connectivity index (χ1v) is 13.6. The Bertz CT molecular complexity index is 1180. The second-order valence-corrected chi connectivity index (χ2v) is 11.1. The molecule has 32 heavy (non-hydrogen) atoms. The van der Waals surface area contributed by atoms with Crippen LogP contribution in [0.5, 0.6) is 11.5 Å². The van der Waals surface area contributed by atoms with Gasteiger partial charge in [-0.2, -0.15) is 8.75 Å². The molecule has 4 aromatic rings. The van der Waals surface area contributed by atoms with Crippen LogP contribution in [0.4, 0.5) is 0 Å². The van der Waals surface area contributed by atoms with E-state index in [1.807, 2.05) is 0 Å². The molecule has 0 radical (unpaired) electrons. The Hall–Kier alpha value is -1.96. The molecule has 0 spiro atoms. The predicted molar refractivity (Wildman–Crippen MR) is 139 cm³/mol. The Morgan fingerprint density at radius 2 is 1.31 bits per heavy atom. The number of rotatable bonds is 11. The van der Waals surface area contributed by atoms with Gasteiger partial charge >= 0.3 is 0 Å². The zero-order valence-electron chi connectivity index (χ0n) is 19.2. The van der Waals surface area contributed by atoms with Gasteiger partial charge in [-0.25, -0.2) is 0 Å². The van der Waals surface area contributed by atoms with Crippen LogP contribution in [-0.4, -0.2) is 22.5 Å². The summed E-state index contributed by atoms with van der Waals surface area (Å²) in [6.07, 6.45) is 7.37. The first kappa shape index (κ1) is 23.2. The van der Waals surface area contributed by atoms with Crippen molar-refractivity contribution in [3.63, 3.8) is 0 Å². The number of thiophene rings is 2. The minimum atomic E-state index is 0.672. The van der Waals surface area contributed by atoms with Crippen molar-refractivity contribution in [3.8, 4) is 32.4 Å². The lowest BCUT2D eigenvalue weighted by Crippen LogP contribution is -2.03. The smallest absolute Gasteiger partial charge is 0.172 e. The number of hydrogen-bond acceptors (Lipinski definition) is 7. The van der Waals surface area contributed by atoms with Gasteiger partial charge in [-0.15, -0.1) is 22.7 Å². The van der Waals surface area contributed by atoms with Crippen LogP contribution in [0.3, 0.4) is 0 Å². The Balaban J connectivity index is 1.78. The molecule has 3 heterocycles. The molecule has 7 heteroatoms. The molecular weight excluding hydrogens is 456 g/mol. The molecule has 0 saturated carbocycles. The SMILES string of the molecule is CCCCCCCCOc1c(OC)c(-c2ccc(C)s2)c2nsnc2c1-c1ccc(C)s1. The second kappa shape index (κ2) is 10.8. The quantitative estimate of drug-likeness (QED) is 0.199. The number of fused-ring (bicyclic) bond motifs is 1. The lowest BCUT2D eigenvalue weighted by molar-refractivity contribution is 0.287. The third kappa shape index (κ3) is 4.85. The van der Waals surface area contributed by atoms with Gasteiger partial charge in [0, 0.05) is 19.5 Å². The molecule has 0 aliphatic rings. The van der Waals surface area contributed by atoms with Gasteiger partial charge in [0.05, 0.1) is 36.6 Å². The number of ether oxygens (including phenoxy) is 2. The van der Waals surface area contributed by atoms with E-state index >= 15 is 0 Å². The Morgan fingerprint density at radius 1 is 0.750 bits per heavy atom. The average molecular weight is 487 g/mol. The monoisotopic (exact) mass is 486 g/mol. The molecule has 0 bridgehead atoms. The minimum Gasteiger partial charge on any atom is -0.492 e. The standard InChI is InChI=1S/C25H30N2O2S3/c1-5-6-7-8-9-10-15-29-25-21(19-14-12-17(3)31-19)23-22(26-32-27-23)20(24(25)28-4)18-13-11-16(2)30-18/h11-14H,5-10,15H2,1-4H3. The van der Waals surface area contributed by atoms with Crippen LogP contribution in [0.15, 0.2) is 24.3 Å². The maximum Gasteiger partial charge on any atom is 0.172 e. The van der Waals surface area contributed by atoms with Gasteiger partial charge in [0.25, 0.3) is 0 Å². The van der Waals surface area contributed by atoms with Gasteiger partial charge in [-0.05, 0) is 44.5 Å². The molecule has 170 valence electrons. The Kier molecular flexibility index (Phi) is 7.81. The Morgan fingerprint density at radius 3 is 1.84 bits per heavy atom. The third-order valence-electron chi connectivity index (χ3n) is 5.54. The highest BCUT2D eigenvalue weighted by molar-refractivity contribution is 7.16. The van der Waals surface area contributed by atoms with Crippen molar-refractivity contribution < 1.29 is 9.47 Å². The van der Waals surface area contributed by atoms with E-state index in [-0.39, 0.29) is 0 Å². The summed E-state index contributed by atoms with van der Waals surface area (Å²) >= 11 is 4.75. The topological polar surface area (TPSA) is 44.2 Å². The fourth-order valence-electron chi connectivity index (χ4n) is 3.94. The van der Waals surface area contributed by atoms with Crippen molar-refractivity contribution in [2.24, 2.45) is 0 Å². The van der Waals surface area contributed by atoms with E-state index < -0.39 is 0 Å². The Labute approximate surface area is 202 Å². The van der Waals surface area contributed by atoms with Crippen LogP contribution in [0.2, 0.25) is 0 Å². The van der Waals surface area contributed by atoms with Gasteiger partial charge in [-0.3, -0.25) is 0 Å². The number of unbranched alkanes of at least 4 members (excludes halogenated alkanes) is 5. The normalized spacial score (nSPS) is 11.4. The van der Waals surface area contributed by atoms with E-state index in [0.717, 1.165) is 49.8 Å². The molecule has 0 aliphatic heterocycles. The lowest BCUT2D eigenvalue weighted by atomic mass is 10.0. The predicted octanol–water partition coefficient (Wildman–Crippen LogP) is 8.51. The van der Waals surface area contributed by atoms with Crippen LogP contribution in [0, 0.1) is 13.8 Å². The zero-order chi connectivity index (χ0) is 22.5. The molecule has 3 aromatic heterocycles. The number of methoxy groups -OCH3 is 1. The van der Waals surface area contributed by atoms with E-state index in [4.69, 9.17) is 18.2 Å². The number of benzene rings is 1. The van der Waals surface area contributed by atoms with E-state index in [0.29, 0.717) is 6.61 Å². The molecule has 0 aliphatic carbocycles. The summed E-state index contributed by atoms with van der Waals surface area (Å²) in [7, 11) is 1.73. The van der Waals surface area contributed by atoms with Crippen molar-refractivity contribution >= 4 is 45.4 Å². The van der Waals surface area contributed by atoms with Crippen molar-refractivity contribution in [3.05, 3.63) is 34.0 Å². The van der Waals surface area contributed by atoms with Crippen molar-refractivity contribution in [1.29, 1.82) is 0 Å². The molecule has 4 rings (SSSR count). The summed E-state index contributed by atoms with van der Waals surface area (Å²) in [5, 5.41) is 0. The molecule has 4 nitrogen and oxygen atoms in total. The molecule has 1 aromatic carbocycles. The van der Waals surface area contributed by atoms with Crippen molar-refractivity contribution in [1.82, 2.24) is 8.75 Å². The van der Waals surface area contributed by atoms with Crippen LogP contribution in [-0.2, 0) is 0 Å². The number of nitrogens with zero attached hydrogens (tertiary/aromatic N) is 2.